The summed E-state index contributed by atoms with van der Waals surface area (Å²) in [7, 11) is 0. The Balaban J connectivity index is 1.96. The fraction of sp³-hybridized carbons (Fsp3) is 0.167. The summed E-state index contributed by atoms with van der Waals surface area (Å²) in [6.45, 7) is -1.99. The first kappa shape index (κ1) is 21.1. The fourth-order valence-corrected chi connectivity index (χ4v) is 2.42. The van der Waals surface area contributed by atoms with Gasteiger partial charge in [0.05, 0.1) is 0 Å². The predicted octanol–water partition coefficient (Wildman–Crippen LogP) is 4.55. The van der Waals surface area contributed by atoms with Crippen LogP contribution in [0, 0.1) is 5.82 Å². The summed E-state index contributed by atoms with van der Waals surface area (Å²) in [5.41, 5.74) is 0.384. The van der Waals surface area contributed by atoms with E-state index in [2.05, 4.69) is 19.9 Å². The zero-order valence-electron chi connectivity index (χ0n) is 14.7. The molecule has 1 aromatic heterocycles. The first-order valence-corrected chi connectivity index (χ1v) is 8.11. The Morgan fingerprint density at radius 2 is 1.77 bits per heavy atom. The maximum absolute atomic E-state index is 13.7. The molecular formula is C18H11F6N3O3. The van der Waals surface area contributed by atoms with E-state index in [0.717, 1.165) is 18.2 Å². The molecule has 158 valence electrons. The number of nitrogens with one attached hydrogen (secondary N) is 1. The molecule has 0 spiro atoms. The highest BCUT2D eigenvalue weighted by Gasteiger charge is 2.58. The smallest absolute Gasteiger partial charge is 0.456 e. The van der Waals surface area contributed by atoms with Gasteiger partial charge in [0.25, 0.3) is 0 Å². The van der Waals surface area contributed by atoms with Gasteiger partial charge in [-0.25, -0.2) is 14.2 Å². The first-order valence-electron chi connectivity index (χ1n) is 8.11. The number of carboxylic acids is 1. The molecule has 3 rings (SSSR count). The molecule has 0 atom stereocenters. The fourth-order valence-electron chi connectivity index (χ4n) is 2.42. The van der Waals surface area contributed by atoms with Gasteiger partial charge in [-0.3, -0.25) is 5.10 Å². The Labute approximate surface area is 164 Å². The molecule has 0 saturated carbocycles. The molecule has 0 saturated heterocycles. The monoisotopic (exact) mass is 431 g/mol. The molecule has 0 aliphatic carbocycles. The lowest BCUT2D eigenvalue weighted by molar-refractivity contribution is -0.289. The number of hydrogen-bond donors (Lipinski definition) is 2. The van der Waals surface area contributed by atoms with E-state index in [1.807, 2.05) is 0 Å². The minimum atomic E-state index is -5.80. The lowest BCUT2D eigenvalue weighted by atomic mass is 10.0. The van der Waals surface area contributed by atoms with Crippen LogP contribution in [0.25, 0.3) is 22.5 Å². The number of H-pyrrole nitrogens is 1. The summed E-state index contributed by atoms with van der Waals surface area (Å²) in [5.74, 6) is -8.09. The molecule has 0 unspecified atom stereocenters. The second kappa shape index (κ2) is 7.69. The molecule has 0 fully saturated rings. The summed E-state index contributed by atoms with van der Waals surface area (Å²) in [5, 5.41) is 14.8. The molecule has 0 bridgehead atoms. The summed E-state index contributed by atoms with van der Waals surface area (Å²) in [4.78, 5) is 14.7. The first-order chi connectivity index (χ1) is 14.0. The van der Waals surface area contributed by atoms with E-state index in [9.17, 15) is 31.1 Å². The van der Waals surface area contributed by atoms with Crippen molar-refractivity contribution < 1.29 is 41.0 Å². The van der Waals surface area contributed by atoms with E-state index in [1.165, 1.54) is 24.3 Å². The quantitative estimate of drug-likeness (QED) is 0.559. The highest BCUT2D eigenvalue weighted by atomic mass is 19.4. The van der Waals surface area contributed by atoms with E-state index in [1.54, 1.807) is 0 Å². The molecule has 12 heteroatoms. The van der Waals surface area contributed by atoms with E-state index in [4.69, 9.17) is 5.11 Å². The molecule has 2 aromatic carbocycles. The van der Waals surface area contributed by atoms with Gasteiger partial charge in [-0.15, -0.1) is 0 Å². The maximum Gasteiger partial charge on any atom is 0.456 e. The van der Waals surface area contributed by atoms with Gasteiger partial charge in [0, 0.05) is 11.1 Å². The second-order valence-corrected chi connectivity index (χ2v) is 6.02. The number of carbonyl (C=O) groups is 1. The predicted molar refractivity (Wildman–Crippen MR) is 90.7 cm³/mol. The minimum Gasteiger partial charge on any atom is -0.486 e. The average molecular weight is 431 g/mol. The number of aromatic nitrogens is 3. The summed E-state index contributed by atoms with van der Waals surface area (Å²) in [6.07, 6.45) is -5.80. The number of benzene rings is 2. The number of alkyl halides is 5. The van der Waals surface area contributed by atoms with Crippen molar-refractivity contribution in [2.45, 2.75) is 12.1 Å². The average Bonchev–Trinajstić information content (AvgIpc) is 3.17. The van der Waals surface area contributed by atoms with Crippen LogP contribution in [0.4, 0.5) is 26.3 Å². The number of aromatic carboxylic acids is 1. The van der Waals surface area contributed by atoms with Gasteiger partial charge in [0.1, 0.15) is 11.6 Å². The van der Waals surface area contributed by atoms with Crippen LogP contribution in [0.3, 0.4) is 0 Å². The van der Waals surface area contributed by atoms with Gasteiger partial charge < -0.3 is 9.84 Å². The largest absolute Gasteiger partial charge is 0.486 e. The molecule has 0 radical (unpaired) electrons. The van der Waals surface area contributed by atoms with Crippen LogP contribution in [-0.2, 0) is 0 Å². The van der Waals surface area contributed by atoms with Crippen LogP contribution in [0.15, 0.2) is 42.5 Å². The number of halogens is 6. The van der Waals surface area contributed by atoms with Crippen LogP contribution in [0.2, 0.25) is 0 Å². The van der Waals surface area contributed by atoms with Crippen molar-refractivity contribution in [3.05, 3.63) is 54.1 Å². The molecule has 0 aliphatic heterocycles. The highest BCUT2D eigenvalue weighted by molar-refractivity contribution is 5.84. The van der Waals surface area contributed by atoms with Gasteiger partial charge in [-0.05, 0) is 29.8 Å². The van der Waals surface area contributed by atoms with Crippen molar-refractivity contribution >= 4 is 5.97 Å². The van der Waals surface area contributed by atoms with E-state index >= 15 is 0 Å². The van der Waals surface area contributed by atoms with E-state index < -0.39 is 42.1 Å². The SMILES string of the molecule is O=C(O)c1nc(-c2cccc(-c3cc(F)ccc3OCC(F)(F)C(F)(F)F)c2)n[nH]1. The molecule has 0 amide bonds. The van der Waals surface area contributed by atoms with Gasteiger partial charge >= 0.3 is 18.1 Å². The third-order valence-corrected chi connectivity index (χ3v) is 3.89. The Hall–Kier alpha value is -3.57. The minimum absolute atomic E-state index is 0.0169. The third-order valence-electron chi connectivity index (χ3n) is 3.89. The Morgan fingerprint density at radius 3 is 2.40 bits per heavy atom. The van der Waals surface area contributed by atoms with Crippen molar-refractivity contribution in [2.75, 3.05) is 6.61 Å². The van der Waals surface area contributed by atoms with Crippen molar-refractivity contribution in [2.24, 2.45) is 0 Å². The number of carboxylic acid groups (broad SMARTS) is 1. The summed E-state index contributed by atoms with van der Waals surface area (Å²) >= 11 is 0. The lowest BCUT2D eigenvalue weighted by Crippen LogP contribution is -2.41. The van der Waals surface area contributed by atoms with Crippen molar-refractivity contribution in [1.82, 2.24) is 15.2 Å². The number of hydrogen-bond acceptors (Lipinski definition) is 4. The van der Waals surface area contributed by atoms with Crippen LogP contribution in [0.1, 0.15) is 10.6 Å². The van der Waals surface area contributed by atoms with Crippen molar-refractivity contribution in [3.63, 3.8) is 0 Å². The van der Waals surface area contributed by atoms with Crippen LogP contribution < -0.4 is 4.74 Å². The van der Waals surface area contributed by atoms with Gasteiger partial charge in [0.2, 0.25) is 5.82 Å². The summed E-state index contributed by atoms with van der Waals surface area (Å²) < 4.78 is 81.9. The van der Waals surface area contributed by atoms with Crippen LogP contribution in [-0.4, -0.2) is 45.0 Å². The molecule has 30 heavy (non-hydrogen) atoms. The third kappa shape index (κ3) is 4.36. The van der Waals surface area contributed by atoms with Crippen molar-refractivity contribution in [3.8, 4) is 28.3 Å². The standard InChI is InChI=1S/C18H11F6N3O3/c19-11-4-5-13(30-8-17(20,21)18(22,23)24)12(7-11)9-2-1-3-10(6-9)14-25-15(16(28)29)27-26-14/h1-7H,8H2,(H,28,29)(H,25,26,27). The lowest BCUT2D eigenvalue weighted by Gasteiger charge is -2.21. The van der Waals surface area contributed by atoms with Gasteiger partial charge in [0.15, 0.2) is 12.4 Å². The van der Waals surface area contributed by atoms with Gasteiger partial charge in [-0.2, -0.15) is 27.1 Å². The van der Waals surface area contributed by atoms with E-state index in [-0.39, 0.29) is 22.5 Å². The topological polar surface area (TPSA) is 88.1 Å². The molecule has 0 aliphatic rings. The van der Waals surface area contributed by atoms with Crippen LogP contribution >= 0.6 is 0 Å². The van der Waals surface area contributed by atoms with E-state index in [0.29, 0.717) is 0 Å². The number of ether oxygens (including phenoxy) is 1. The zero-order valence-corrected chi connectivity index (χ0v) is 14.7. The Kier molecular flexibility index (Phi) is 5.42. The number of aromatic amines is 1. The Morgan fingerprint density at radius 1 is 1.07 bits per heavy atom. The molecule has 6 nitrogen and oxygen atoms in total. The molecular weight excluding hydrogens is 420 g/mol. The molecule has 3 aromatic rings. The normalized spacial score (nSPS) is 12.1. The maximum atomic E-state index is 13.7. The number of nitrogens with zero attached hydrogens (tertiary/aromatic N) is 2. The van der Waals surface area contributed by atoms with Gasteiger partial charge in [-0.1, -0.05) is 18.2 Å². The summed E-state index contributed by atoms with van der Waals surface area (Å²) in [6, 6.07) is 8.44. The van der Waals surface area contributed by atoms with Crippen LogP contribution in [0.5, 0.6) is 5.75 Å². The van der Waals surface area contributed by atoms with Crippen molar-refractivity contribution in [1.29, 1.82) is 0 Å². The zero-order chi connectivity index (χ0) is 22.1. The highest BCUT2D eigenvalue weighted by Crippen LogP contribution is 2.38. The number of rotatable bonds is 6. The Bertz CT molecular complexity index is 1080. The molecule has 1 heterocycles. The molecule has 2 N–H and O–H groups in total. The second-order valence-electron chi connectivity index (χ2n) is 6.02.